The first-order valence-electron chi connectivity index (χ1n) is 9.51. The van der Waals surface area contributed by atoms with Crippen molar-refractivity contribution in [3.05, 3.63) is 46.5 Å². The fourth-order valence-corrected chi connectivity index (χ4v) is 4.14. The zero-order valence-corrected chi connectivity index (χ0v) is 15.3. The van der Waals surface area contributed by atoms with Crippen LogP contribution in [0.3, 0.4) is 0 Å². The Labute approximate surface area is 149 Å². The van der Waals surface area contributed by atoms with Crippen molar-refractivity contribution in [3.63, 3.8) is 0 Å². The van der Waals surface area contributed by atoms with Crippen molar-refractivity contribution in [3.8, 4) is 0 Å². The fourth-order valence-electron chi connectivity index (χ4n) is 4.14. The monoisotopic (exact) mass is 340 g/mol. The van der Waals surface area contributed by atoms with Crippen molar-refractivity contribution in [1.29, 1.82) is 0 Å². The molecule has 3 heterocycles. The first kappa shape index (κ1) is 16.7. The Morgan fingerprint density at radius 3 is 2.84 bits per heavy atom. The number of aryl methyl sites for hydroxylation is 2. The number of nitrogens with zero attached hydrogens (tertiary/aromatic N) is 3. The summed E-state index contributed by atoms with van der Waals surface area (Å²) in [5, 5.41) is 7.78. The van der Waals surface area contributed by atoms with E-state index in [1.54, 1.807) is 0 Å². The maximum atomic E-state index is 5.46. The van der Waals surface area contributed by atoms with E-state index in [9.17, 15) is 0 Å². The average Bonchev–Trinajstić information content (AvgIpc) is 3.27. The number of likely N-dealkylation sites (tertiary alicyclic amines) is 1. The van der Waals surface area contributed by atoms with E-state index in [0.29, 0.717) is 12.0 Å². The van der Waals surface area contributed by atoms with Crippen molar-refractivity contribution < 1.29 is 4.74 Å². The predicted molar refractivity (Wildman–Crippen MR) is 97.5 cm³/mol. The maximum Gasteiger partial charge on any atom is 0.154 e. The van der Waals surface area contributed by atoms with E-state index in [4.69, 9.17) is 9.72 Å². The summed E-state index contributed by atoms with van der Waals surface area (Å²) in [7, 11) is 0. The number of nitrogens with one attached hydrogen (secondary N) is 1. The summed E-state index contributed by atoms with van der Waals surface area (Å²) in [6.45, 7) is 8.15. The van der Waals surface area contributed by atoms with Gasteiger partial charge in [0.05, 0.1) is 6.04 Å². The molecule has 5 nitrogen and oxygen atoms in total. The second-order valence-electron chi connectivity index (χ2n) is 7.52. The van der Waals surface area contributed by atoms with Crippen LogP contribution in [0.1, 0.15) is 66.0 Å². The first-order valence-corrected chi connectivity index (χ1v) is 9.51. The smallest absolute Gasteiger partial charge is 0.154 e. The molecular formula is C20H28N4O. The molecule has 134 valence electrons. The van der Waals surface area contributed by atoms with Gasteiger partial charge in [0.2, 0.25) is 0 Å². The molecule has 2 fully saturated rings. The molecule has 0 bridgehead atoms. The van der Waals surface area contributed by atoms with E-state index in [-0.39, 0.29) is 0 Å². The number of rotatable bonds is 4. The molecule has 0 radical (unpaired) electrons. The summed E-state index contributed by atoms with van der Waals surface area (Å²) >= 11 is 0. The highest BCUT2D eigenvalue weighted by Gasteiger charge is 2.30. The van der Waals surface area contributed by atoms with Crippen molar-refractivity contribution in [1.82, 2.24) is 20.1 Å². The molecular weight excluding hydrogens is 312 g/mol. The average molecular weight is 340 g/mol. The molecule has 2 aromatic rings. The van der Waals surface area contributed by atoms with Crippen LogP contribution in [0.15, 0.2) is 18.2 Å². The SMILES string of the molecule is Cc1ccc(CN2CCC[C@H]2c2nc(C3CCOCC3)n[nH]2)c(C)c1. The van der Waals surface area contributed by atoms with E-state index in [2.05, 4.69) is 47.1 Å². The van der Waals surface area contributed by atoms with Crippen molar-refractivity contribution in [2.75, 3.05) is 19.8 Å². The van der Waals surface area contributed by atoms with Crippen LogP contribution in [0.2, 0.25) is 0 Å². The number of benzene rings is 1. The van der Waals surface area contributed by atoms with Crippen LogP contribution in [0, 0.1) is 13.8 Å². The Morgan fingerprint density at radius 2 is 2.04 bits per heavy atom. The highest BCUT2D eigenvalue weighted by Crippen LogP contribution is 2.33. The van der Waals surface area contributed by atoms with Gasteiger partial charge in [-0.2, -0.15) is 5.10 Å². The Bertz CT molecular complexity index is 720. The highest BCUT2D eigenvalue weighted by atomic mass is 16.5. The molecule has 2 saturated heterocycles. The summed E-state index contributed by atoms with van der Waals surface area (Å²) in [6.07, 6.45) is 4.46. The standard InChI is InChI=1S/C20H28N4O/c1-14-5-6-17(15(2)12-14)13-24-9-3-4-18(24)20-21-19(22-23-20)16-7-10-25-11-8-16/h5-6,12,16,18H,3-4,7-11,13H2,1-2H3,(H,21,22,23)/t18-/m0/s1. The third-order valence-electron chi connectivity index (χ3n) is 5.66. The molecule has 4 rings (SSSR count). The Morgan fingerprint density at radius 1 is 1.20 bits per heavy atom. The van der Waals surface area contributed by atoms with Crippen LogP contribution < -0.4 is 0 Å². The van der Waals surface area contributed by atoms with Crippen LogP contribution in [0.5, 0.6) is 0 Å². The number of aromatic nitrogens is 3. The van der Waals surface area contributed by atoms with Gasteiger partial charge in [-0.05, 0) is 57.2 Å². The van der Waals surface area contributed by atoms with Gasteiger partial charge in [0.25, 0.3) is 0 Å². The van der Waals surface area contributed by atoms with Gasteiger partial charge in [0, 0.05) is 25.7 Å². The zero-order valence-electron chi connectivity index (χ0n) is 15.3. The van der Waals surface area contributed by atoms with Gasteiger partial charge in [0.15, 0.2) is 5.82 Å². The van der Waals surface area contributed by atoms with Gasteiger partial charge in [-0.3, -0.25) is 10.00 Å². The first-order chi connectivity index (χ1) is 12.2. The zero-order chi connectivity index (χ0) is 17.2. The molecule has 1 aromatic carbocycles. The lowest BCUT2D eigenvalue weighted by molar-refractivity contribution is 0.0836. The van der Waals surface area contributed by atoms with Gasteiger partial charge in [-0.1, -0.05) is 23.8 Å². The minimum atomic E-state index is 0.363. The van der Waals surface area contributed by atoms with Crippen LogP contribution >= 0.6 is 0 Å². The second kappa shape index (κ2) is 7.26. The number of hydrogen-bond acceptors (Lipinski definition) is 4. The van der Waals surface area contributed by atoms with E-state index in [1.165, 1.54) is 23.1 Å². The molecule has 1 aromatic heterocycles. The van der Waals surface area contributed by atoms with E-state index < -0.39 is 0 Å². The van der Waals surface area contributed by atoms with E-state index in [1.807, 2.05) is 0 Å². The van der Waals surface area contributed by atoms with Crippen LogP contribution in [-0.2, 0) is 11.3 Å². The molecule has 25 heavy (non-hydrogen) atoms. The normalized spacial score (nSPS) is 22.6. The third-order valence-corrected chi connectivity index (χ3v) is 5.66. The molecule has 0 unspecified atom stereocenters. The topological polar surface area (TPSA) is 54.0 Å². The number of ether oxygens (including phenoxy) is 1. The summed E-state index contributed by atoms with van der Waals surface area (Å²) in [4.78, 5) is 7.43. The highest BCUT2D eigenvalue weighted by molar-refractivity contribution is 5.30. The van der Waals surface area contributed by atoms with E-state index in [0.717, 1.165) is 57.2 Å². The lowest BCUT2D eigenvalue weighted by Crippen LogP contribution is -2.24. The summed E-state index contributed by atoms with van der Waals surface area (Å²) in [5.74, 6) is 2.48. The summed E-state index contributed by atoms with van der Waals surface area (Å²) in [6, 6.07) is 7.12. The Kier molecular flexibility index (Phi) is 4.86. The van der Waals surface area contributed by atoms with Gasteiger partial charge in [-0.15, -0.1) is 0 Å². The molecule has 5 heteroatoms. The van der Waals surface area contributed by atoms with Gasteiger partial charge in [0.1, 0.15) is 5.82 Å². The largest absolute Gasteiger partial charge is 0.381 e. The third kappa shape index (κ3) is 3.62. The lowest BCUT2D eigenvalue weighted by Gasteiger charge is -2.23. The summed E-state index contributed by atoms with van der Waals surface area (Å²) < 4.78 is 5.46. The van der Waals surface area contributed by atoms with Crippen molar-refractivity contribution >= 4 is 0 Å². The molecule has 2 aliphatic heterocycles. The van der Waals surface area contributed by atoms with Crippen molar-refractivity contribution in [2.24, 2.45) is 0 Å². The molecule has 0 aliphatic carbocycles. The molecule has 0 amide bonds. The van der Waals surface area contributed by atoms with Gasteiger partial charge in [-0.25, -0.2) is 4.98 Å². The minimum Gasteiger partial charge on any atom is -0.381 e. The molecule has 0 spiro atoms. The minimum absolute atomic E-state index is 0.363. The van der Waals surface area contributed by atoms with Crippen LogP contribution in [0.4, 0.5) is 0 Å². The van der Waals surface area contributed by atoms with Crippen molar-refractivity contribution in [2.45, 2.75) is 58.0 Å². The van der Waals surface area contributed by atoms with E-state index >= 15 is 0 Å². The number of hydrogen-bond donors (Lipinski definition) is 1. The molecule has 0 saturated carbocycles. The molecule has 2 aliphatic rings. The van der Waals surface area contributed by atoms with Crippen LogP contribution in [-0.4, -0.2) is 39.8 Å². The Balaban J connectivity index is 1.48. The Hall–Kier alpha value is -1.72. The number of aromatic amines is 1. The van der Waals surface area contributed by atoms with Crippen LogP contribution in [0.25, 0.3) is 0 Å². The molecule has 1 atom stereocenters. The second-order valence-corrected chi connectivity index (χ2v) is 7.52. The lowest BCUT2D eigenvalue weighted by atomic mass is 10.00. The molecule has 1 N–H and O–H groups in total. The summed E-state index contributed by atoms with van der Waals surface area (Å²) in [5.41, 5.74) is 4.13. The predicted octanol–water partition coefficient (Wildman–Crippen LogP) is 3.65. The number of H-pyrrole nitrogens is 1. The maximum absolute atomic E-state index is 5.46. The van der Waals surface area contributed by atoms with Gasteiger partial charge >= 0.3 is 0 Å². The quantitative estimate of drug-likeness (QED) is 0.923. The van der Waals surface area contributed by atoms with Gasteiger partial charge < -0.3 is 4.74 Å². The fraction of sp³-hybridized carbons (Fsp3) is 0.600.